The van der Waals surface area contributed by atoms with Crippen LogP contribution in [0.1, 0.15) is 33.1 Å². The fraction of sp³-hybridized carbons (Fsp3) is 0.583. The maximum atomic E-state index is 4.54. The Hall–Kier alpha value is -1.05. The molecule has 0 amide bonds. The van der Waals surface area contributed by atoms with Crippen LogP contribution < -0.4 is 5.32 Å². The van der Waals surface area contributed by atoms with E-state index in [1.54, 1.807) is 0 Å². The largest absolute Gasteiger partial charge is 0.370 e. The van der Waals surface area contributed by atoms with Gasteiger partial charge in [0.25, 0.3) is 0 Å². The molecule has 0 fully saturated rings. The number of rotatable bonds is 0. The molecular weight excluding hydrogens is 172 g/mol. The predicted octanol–water partition coefficient (Wildman–Crippen LogP) is 2.64. The Labute approximate surface area is 85.8 Å². The van der Waals surface area contributed by atoms with E-state index in [4.69, 9.17) is 0 Å². The van der Waals surface area contributed by atoms with Gasteiger partial charge in [-0.2, -0.15) is 0 Å². The van der Waals surface area contributed by atoms with Crippen molar-refractivity contribution in [1.29, 1.82) is 0 Å². The maximum absolute atomic E-state index is 4.54. The Kier molecular flexibility index (Phi) is 2.44. The molecule has 0 saturated heterocycles. The topological polar surface area (TPSA) is 24.4 Å². The van der Waals surface area contributed by atoms with Crippen LogP contribution in [0.2, 0.25) is 0 Å². The van der Waals surface area contributed by atoms with Gasteiger partial charge in [-0.15, -0.1) is 0 Å². The molecular formula is C12H18N2. The first-order valence-corrected chi connectivity index (χ1v) is 5.39. The van der Waals surface area contributed by atoms with Crippen molar-refractivity contribution in [2.24, 2.45) is 10.4 Å². The molecule has 0 aromatic heterocycles. The summed E-state index contributed by atoms with van der Waals surface area (Å²) in [6, 6.07) is 0. The lowest BCUT2D eigenvalue weighted by Crippen LogP contribution is -2.13. The summed E-state index contributed by atoms with van der Waals surface area (Å²) >= 11 is 0. The average molecular weight is 190 g/mol. The van der Waals surface area contributed by atoms with Crippen LogP contribution in [0, 0.1) is 5.41 Å². The van der Waals surface area contributed by atoms with Crippen molar-refractivity contribution in [3.05, 3.63) is 23.5 Å². The first-order valence-electron chi connectivity index (χ1n) is 5.39. The maximum Gasteiger partial charge on any atom is 0.128 e. The highest BCUT2D eigenvalue weighted by atomic mass is 15.0. The number of nitrogens with one attached hydrogen (secondary N) is 1. The zero-order valence-electron chi connectivity index (χ0n) is 9.01. The molecule has 2 heterocycles. The van der Waals surface area contributed by atoms with Gasteiger partial charge in [-0.3, -0.25) is 0 Å². The molecule has 0 aromatic rings. The van der Waals surface area contributed by atoms with Gasteiger partial charge in [0.2, 0.25) is 0 Å². The smallest absolute Gasteiger partial charge is 0.128 e. The quantitative estimate of drug-likeness (QED) is 0.624. The predicted molar refractivity (Wildman–Crippen MR) is 60.3 cm³/mol. The summed E-state index contributed by atoms with van der Waals surface area (Å²) in [4.78, 5) is 4.54. The van der Waals surface area contributed by atoms with Gasteiger partial charge in [0.15, 0.2) is 0 Å². The molecule has 76 valence electrons. The SMILES string of the molecule is CC1(C)C=CC2=C(N=C1)NCCCC2. The molecule has 2 aliphatic rings. The zero-order chi connectivity index (χ0) is 10.0. The third-order valence-electron chi connectivity index (χ3n) is 2.71. The fourth-order valence-electron chi connectivity index (χ4n) is 1.76. The van der Waals surface area contributed by atoms with Crippen LogP contribution in [0.25, 0.3) is 0 Å². The molecule has 2 nitrogen and oxygen atoms in total. The Morgan fingerprint density at radius 3 is 3.07 bits per heavy atom. The van der Waals surface area contributed by atoms with Crippen molar-refractivity contribution in [3.63, 3.8) is 0 Å². The summed E-state index contributed by atoms with van der Waals surface area (Å²) in [5, 5.41) is 3.39. The van der Waals surface area contributed by atoms with Crippen LogP contribution in [0.3, 0.4) is 0 Å². The third-order valence-corrected chi connectivity index (χ3v) is 2.71. The number of allylic oxidation sites excluding steroid dienone is 3. The molecule has 0 bridgehead atoms. The second-order valence-corrected chi connectivity index (χ2v) is 4.67. The number of hydrogen-bond acceptors (Lipinski definition) is 2. The summed E-state index contributed by atoms with van der Waals surface area (Å²) in [5.41, 5.74) is 1.46. The van der Waals surface area contributed by atoms with E-state index in [2.05, 4.69) is 36.3 Å². The van der Waals surface area contributed by atoms with Crippen LogP contribution in [0.5, 0.6) is 0 Å². The Morgan fingerprint density at radius 1 is 1.36 bits per heavy atom. The second-order valence-electron chi connectivity index (χ2n) is 4.67. The molecule has 0 radical (unpaired) electrons. The van der Waals surface area contributed by atoms with Gasteiger partial charge >= 0.3 is 0 Å². The summed E-state index contributed by atoms with van der Waals surface area (Å²) in [5.74, 6) is 1.09. The molecule has 2 heteroatoms. The van der Waals surface area contributed by atoms with E-state index >= 15 is 0 Å². The lowest BCUT2D eigenvalue weighted by molar-refractivity contribution is 0.684. The van der Waals surface area contributed by atoms with Gasteiger partial charge in [0, 0.05) is 18.2 Å². The highest BCUT2D eigenvalue weighted by molar-refractivity contribution is 5.70. The zero-order valence-corrected chi connectivity index (χ0v) is 9.01. The molecule has 2 rings (SSSR count). The highest BCUT2D eigenvalue weighted by Crippen LogP contribution is 2.24. The van der Waals surface area contributed by atoms with Gasteiger partial charge in [-0.25, -0.2) is 4.99 Å². The molecule has 0 atom stereocenters. The highest BCUT2D eigenvalue weighted by Gasteiger charge is 2.16. The van der Waals surface area contributed by atoms with Crippen molar-refractivity contribution in [1.82, 2.24) is 5.32 Å². The van der Waals surface area contributed by atoms with Gasteiger partial charge in [-0.1, -0.05) is 26.0 Å². The first-order chi connectivity index (χ1) is 6.67. The third kappa shape index (κ3) is 2.06. The van der Waals surface area contributed by atoms with Crippen LogP contribution >= 0.6 is 0 Å². The molecule has 0 saturated carbocycles. The first kappa shape index (κ1) is 9.50. The lowest BCUT2D eigenvalue weighted by Gasteiger charge is -2.11. The lowest BCUT2D eigenvalue weighted by atomic mass is 9.94. The average Bonchev–Trinajstić information content (AvgIpc) is 2.42. The molecule has 1 N–H and O–H groups in total. The van der Waals surface area contributed by atoms with Crippen LogP contribution in [0.15, 0.2) is 28.5 Å². The van der Waals surface area contributed by atoms with E-state index in [0.717, 1.165) is 18.8 Å². The van der Waals surface area contributed by atoms with Crippen molar-refractivity contribution < 1.29 is 0 Å². The van der Waals surface area contributed by atoms with Gasteiger partial charge in [0.1, 0.15) is 5.82 Å². The van der Waals surface area contributed by atoms with E-state index in [9.17, 15) is 0 Å². The van der Waals surface area contributed by atoms with Crippen molar-refractivity contribution in [2.45, 2.75) is 33.1 Å². The molecule has 0 unspecified atom stereocenters. The molecule has 0 aliphatic carbocycles. The van der Waals surface area contributed by atoms with Gasteiger partial charge in [-0.05, 0) is 24.8 Å². The van der Waals surface area contributed by atoms with Crippen molar-refractivity contribution in [2.75, 3.05) is 6.54 Å². The molecule has 0 spiro atoms. The second kappa shape index (κ2) is 3.60. The van der Waals surface area contributed by atoms with Gasteiger partial charge in [0.05, 0.1) is 0 Å². The minimum absolute atomic E-state index is 0.0911. The van der Waals surface area contributed by atoms with E-state index in [0.29, 0.717) is 0 Å². The van der Waals surface area contributed by atoms with E-state index in [1.165, 1.54) is 18.4 Å². The standard InChI is InChI=1S/C12H18N2/c1-12(2)7-6-10-5-3-4-8-13-11(10)14-9-12/h6-7,9,13H,3-5,8H2,1-2H3. The Balaban J connectivity index is 2.29. The Bertz CT molecular complexity index is 280. The van der Waals surface area contributed by atoms with Crippen LogP contribution in [-0.4, -0.2) is 12.8 Å². The normalized spacial score (nSPS) is 25.0. The Morgan fingerprint density at radius 2 is 2.21 bits per heavy atom. The number of hydrogen-bond donors (Lipinski definition) is 1. The minimum Gasteiger partial charge on any atom is -0.370 e. The molecule has 0 aromatic carbocycles. The summed E-state index contributed by atoms with van der Waals surface area (Å²) in [6.45, 7) is 5.42. The summed E-state index contributed by atoms with van der Waals surface area (Å²) in [7, 11) is 0. The number of nitrogens with zero attached hydrogens (tertiary/aromatic N) is 1. The number of aliphatic imine (C=N–C) groups is 1. The molecule has 14 heavy (non-hydrogen) atoms. The van der Waals surface area contributed by atoms with Crippen molar-refractivity contribution >= 4 is 6.21 Å². The summed E-state index contributed by atoms with van der Waals surface area (Å²) in [6.07, 6.45) is 10.2. The van der Waals surface area contributed by atoms with Crippen LogP contribution in [0.4, 0.5) is 0 Å². The van der Waals surface area contributed by atoms with Gasteiger partial charge < -0.3 is 5.32 Å². The molecule has 2 aliphatic heterocycles. The van der Waals surface area contributed by atoms with E-state index < -0.39 is 0 Å². The van der Waals surface area contributed by atoms with Crippen molar-refractivity contribution in [3.8, 4) is 0 Å². The minimum atomic E-state index is 0.0911. The van der Waals surface area contributed by atoms with E-state index in [-0.39, 0.29) is 5.41 Å². The summed E-state index contributed by atoms with van der Waals surface area (Å²) < 4.78 is 0. The van der Waals surface area contributed by atoms with E-state index in [1.807, 2.05) is 6.21 Å². The monoisotopic (exact) mass is 190 g/mol. The van der Waals surface area contributed by atoms with Crippen LogP contribution in [-0.2, 0) is 0 Å². The fourth-order valence-corrected chi connectivity index (χ4v) is 1.76.